The van der Waals surface area contributed by atoms with Gasteiger partial charge in [0.25, 0.3) is 0 Å². The topological polar surface area (TPSA) is 70.1 Å². The van der Waals surface area contributed by atoms with E-state index in [0.717, 1.165) is 0 Å². The van der Waals surface area contributed by atoms with E-state index < -0.39 is 6.10 Å². The van der Waals surface area contributed by atoms with E-state index in [-0.39, 0.29) is 6.54 Å². The number of anilines is 2. The van der Waals surface area contributed by atoms with E-state index in [1.54, 1.807) is 25.2 Å². The monoisotopic (exact) mass is 346 g/mol. The lowest BCUT2D eigenvalue weighted by Gasteiger charge is -2.17. The Labute approximate surface area is 137 Å². The van der Waals surface area contributed by atoms with Gasteiger partial charge in [-0.15, -0.1) is 0 Å². The van der Waals surface area contributed by atoms with E-state index in [4.69, 9.17) is 34.8 Å². The van der Waals surface area contributed by atoms with Crippen molar-refractivity contribution < 1.29 is 5.11 Å². The first-order valence-corrected chi connectivity index (χ1v) is 7.22. The first-order valence-electron chi connectivity index (χ1n) is 6.08. The number of rotatable bonds is 5. The summed E-state index contributed by atoms with van der Waals surface area (Å²) >= 11 is 18.1. The minimum absolute atomic E-state index is 0.172. The molecule has 3 N–H and O–H groups in total. The third kappa shape index (κ3) is 3.68. The molecule has 2 aromatic rings. The Morgan fingerprint density at radius 3 is 2.48 bits per heavy atom. The molecule has 0 aliphatic carbocycles. The minimum atomic E-state index is -0.885. The highest BCUT2D eigenvalue weighted by atomic mass is 35.5. The maximum Gasteiger partial charge on any atom is 0.157 e. The Morgan fingerprint density at radius 1 is 1.19 bits per heavy atom. The van der Waals surface area contributed by atoms with Crippen LogP contribution in [0.5, 0.6) is 0 Å². The Bertz CT molecular complexity index is 619. The summed E-state index contributed by atoms with van der Waals surface area (Å²) in [6, 6.07) is 5.07. The van der Waals surface area contributed by atoms with Crippen LogP contribution in [-0.4, -0.2) is 28.7 Å². The molecule has 2 rings (SSSR count). The smallest absolute Gasteiger partial charge is 0.157 e. The van der Waals surface area contributed by atoms with Crippen molar-refractivity contribution in [2.45, 2.75) is 6.10 Å². The quantitative estimate of drug-likeness (QED) is 0.721. The molecule has 1 unspecified atom stereocenters. The fourth-order valence-corrected chi connectivity index (χ4v) is 2.72. The minimum Gasteiger partial charge on any atom is -0.386 e. The number of aromatic nitrogens is 2. The normalized spacial score (nSPS) is 12.0. The van der Waals surface area contributed by atoms with Gasteiger partial charge in [-0.2, -0.15) is 0 Å². The van der Waals surface area contributed by atoms with Crippen LogP contribution in [0.2, 0.25) is 15.2 Å². The van der Waals surface area contributed by atoms with Gasteiger partial charge in [0.05, 0.1) is 6.10 Å². The van der Waals surface area contributed by atoms with Crippen LogP contribution in [0.1, 0.15) is 11.7 Å². The maximum absolute atomic E-state index is 10.2. The second-order valence-corrected chi connectivity index (χ2v) is 5.34. The molecule has 0 radical (unpaired) electrons. The van der Waals surface area contributed by atoms with Crippen LogP contribution in [0.4, 0.5) is 11.5 Å². The summed E-state index contributed by atoms with van der Waals surface area (Å²) in [5.41, 5.74) is 1.02. The first kappa shape index (κ1) is 16.1. The Kier molecular flexibility index (Phi) is 5.47. The lowest BCUT2D eigenvalue weighted by Crippen LogP contribution is -2.15. The fourth-order valence-electron chi connectivity index (χ4n) is 1.84. The highest BCUT2D eigenvalue weighted by Gasteiger charge is 2.16. The summed E-state index contributed by atoms with van der Waals surface area (Å²) in [7, 11) is 1.71. The molecule has 1 heterocycles. The highest BCUT2D eigenvalue weighted by molar-refractivity contribution is 6.36. The largest absolute Gasteiger partial charge is 0.386 e. The molecule has 0 fully saturated rings. The number of nitrogens with one attached hydrogen (secondary N) is 2. The lowest BCUT2D eigenvalue weighted by atomic mass is 10.1. The van der Waals surface area contributed by atoms with Crippen molar-refractivity contribution in [2.24, 2.45) is 0 Å². The number of hydrogen-bond donors (Lipinski definition) is 3. The second kappa shape index (κ2) is 7.13. The van der Waals surface area contributed by atoms with Crippen LogP contribution in [0, 0.1) is 0 Å². The summed E-state index contributed by atoms with van der Waals surface area (Å²) in [6.07, 6.45) is 0.449. The Hall–Kier alpha value is -1.27. The molecule has 0 saturated carbocycles. The Balaban J connectivity index is 2.15. The van der Waals surface area contributed by atoms with E-state index in [2.05, 4.69) is 20.6 Å². The van der Waals surface area contributed by atoms with Crippen molar-refractivity contribution >= 4 is 46.3 Å². The molecule has 0 amide bonds. The van der Waals surface area contributed by atoms with E-state index in [1.165, 1.54) is 6.33 Å². The van der Waals surface area contributed by atoms with Crippen molar-refractivity contribution in [3.05, 3.63) is 45.3 Å². The molecule has 1 atom stereocenters. The lowest BCUT2D eigenvalue weighted by molar-refractivity contribution is 0.192. The van der Waals surface area contributed by atoms with Crippen LogP contribution in [0.15, 0.2) is 24.5 Å². The molecular formula is C13H13Cl3N4O. The van der Waals surface area contributed by atoms with Crippen LogP contribution in [-0.2, 0) is 0 Å². The zero-order valence-corrected chi connectivity index (χ0v) is 13.3. The third-order valence-electron chi connectivity index (χ3n) is 2.85. The van der Waals surface area contributed by atoms with Crippen LogP contribution >= 0.6 is 34.8 Å². The molecule has 1 aromatic heterocycles. The van der Waals surface area contributed by atoms with Crippen molar-refractivity contribution in [1.29, 1.82) is 0 Å². The summed E-state index contributed by atoms with van der Waals surface area (Å²) < 4.78 is 0. The predicted octanol–water partition coefficient (Wildman–Crippen LogP) is 3.62. The summed E-state index contributed by atoms with van der Waals surface area (Å²) in [6.45, 7) is 0.172. The molecule has 0 saturated heterocycles. The number of aliphatic hydroxyl groups is 1. The molecule has 0 aliphatic rings. The van der Waals surface area contributed by atoms with Gasteiger partial charge >= 0.3 is 0 Å². The van der Waals surface area contributed by atoms with Crippen molar-refractivity contribution in [2.75, 3.05) is 24.2 Å². The molecule has 5 nitrogen and oxygen atoms in total. The molecule has 0 aliphatic heterocycles. The number of benzene rings is 1. The average molecular weight is 348 g/mol. The van der Waals surface area contributed by atoms with Gasteiger partial charge in [0.2, 0.25) is 0 Å². The van der Waals surface area contributed by atoms with Crippen LogP contribution < -0.4 is 10.6 Å². The number of halogens is 3. The molecule has 0 bridgehead atoms. The maximum atomic E-state index is 10.2. The van der Waals surface area contributed by atoms with E-state index in [9.17, 15) is 5.11 Å². The highest BCUT2D eigenvalue weighted by Crippen LogP contribution is 2.31. The molecule has 8 heteroatoms. The predicted molar refractivity (Wildman–Crippen MR) is 86.5 cm³/mol. The zero-order chi connectivity index (χ0) is 15.4. The van der Waals surface area contributed by atoms with Crippen molar-refractivity contribution in [1.82, 2.24) is 9.97 Å². The van der Waals surface area contributed by atoms with Gasteiger partial charge in [-0.05, 0) is 12.1 Å². The second-order valence-electron chi connectivity index (χ2n) is 4.17. The number of aliphatic hydroxyl groups excluding tert-OH is 1. The zero-order valence-electron chi connectivity index (χ0n) is 11.1. The molecule has 21 heavy (non-hydrogen) atoms. The van der Waals surface area contributed by atoms with Gasteiger partial charge in [-0.1, -0.05) is 40.9 Å². The molecule has 1 aromatic carbocycles. The summed E-state index contributed by atoms with van der Waals surface area (Å²) in [5.74, 6) is 0.486. The van der Waals surface area contributed by atoms with E-state index >= 15 is 0 Å². The van der Waals surface area contributed by atoms with Gasteiger partial charge < -0.3 is 15.7 Å². The fraction of sp³-hybridized carbons (Fsp3) is 0.231. The van der Waals surface area contributed by atoms with E-state index in [0.29, 0.717) is 32.3 Å². The van der Waals surface area contributed by atoms with Gasteiger partial charge in [-0.25, -0.2) is 9.97 Å². The van der Waals surface area contributed by atoms with Gasteiger partial charge in [0.1, 0.15) is 12.0 Å². The first-order chi connectivity index (χ1) is 10.0. The van der Waals surface area contributed by atoms with Crippen molar-refractivity contribution in [3.63, 3.8) is 0 Å². The number of nitrogens with zero attached hydrogens (tertiary/aromatic N) is 2. The van der Waals surface area contributed by atoms with Crippen LogP contribution in [0.3, 0.4) is 0 Å². The summed E-state index contributed by atoms with van der Waals surface area (Å²) in [5, 5.41) is 17.2. The SMILES string of the molecule is CNc1c(Cl)ncnc1NCC(O)c1c(Cl)cccc1Cl. The van der Waals surface area contributed by atoms with Gasteiger partial charge in [0.15, 0.2) is 11.0 Å². The van der Waals surface area contributed by atoms with Gasteiger partial charge in [-0.3, -0.25) is 0 Å². The summed E-state index contributed by atoms with van der Waals surface area (Å²) in [4.78, 5) is 7.95. The number of hydrogen-bond acceptors (Lipinski definition) is 5. The van der Waals surface area contributed by atoms with Crippen LogP contribution in [0.25, 0.3) is 0 Å². The standard InChI is InChI=1S/C13H13Cl3N4O/c1-17-11-12(16)19-6-20-13(11)18-5-9(21)10-7(14)3-2-4-8(10)15/h2-4,6,9,17,21H,5H2,1H3,(H,18,19,20). The molecule has 0 spiro atoms. The third-order valence-corrected chi connectivity index (χ3v) is 3.79. The average Bonchev–Trinajstić information content (AvgIpc) is 2.45. The Morgan fingerprint density at radius 2 is 1.86 bits per heavy atom. The van der Waals surface area contributed by atoms with Gasteiger partial charge in [0, 0.05) is 29.2 Å². The molecule has 112 valence electrons. The van der Waals surface area contributed by atoms with E-state index in [1.807, 2.05) is 0 Å². The molecular weight excluding hydrogens is 335 g/mol. The van der Waals surface area contributed by atoms with Crippen molar-refractivity contribution in [3.8, 4) is 0 Å².